The van der Waals surface area contributed by atoms with Crippen LogP contribution in [-0.4, -0.2) is 22.1 Å². The number of hydrogen-bond acceptors (Lipinski definition) is 4. The number of methoxy groups -OCH3 is 1. The minimum absolute atomic E-state index is 0.292. The average molecular weight is 272 g/mol. The number of fused-ring (bicyclic) bond motifs is 1. The van der Waals surface area contributed by atoms with E-state index in [-0.39, 0.29) is 0 Å². The first-order valence-electron chi connectivity index (χ1n) is 5.69. The highest BCUT2D eigenvalue weighted by Crippen LogP contribution is 2.33. The zero-order valence-corrected chi connectivity index (χ0v) is 10.9. The highest BCUT2D eigenvalue weighted by molar-refractivity contribution is 6.31. The molecule has 0 saturated heterocycles. The Morgan fingerprint density at radius 1 is 1.11 bits per heavy atom. The van der Waals surface area contributed by atoms with Gasteiger partial charge in [0.25, 0.3) is 0 Å². The summed E-state index contributed by atoms with van der Waals surface area (Å²) < 4.78 is 5.26. The lowest BCUT2D eigenvalue weighted by Crippen LogP contribution is -1.95. The van der Waals surface area contributed by atoms with Crippen LogP contribution in [0, 0.1) is 0 Å². The average Bonchev–Trinajstić information content (AvgIpc) is 2.46. The van der Waals surface area contributed by atoms with Gasteiger partial charge >= 0.3 is 0 Å². The normalized spacial score (nSPS) is 10.6. The number of aromatic nitrogens is 3. The number of pyridine rings is 1. The summed E-state index contributed by atoms with van der Waals surface area (Å²) in [7, 11) is 1.54. The quantitative estimate of drug-likeness (QED) is 0.671. The number of rotatable bonds is 2. The Kier molecular flexibility index (Phi) is 3.01. The molecule has 0 aliphatic rings. The fraction of sp³-hybridized carbons (Fsp3) is 0.0714. The SMILES string of the molecule is COc1c(Cl)ncnc1-c1cnc2ccccc2c1. The van der Waals surface area contributed by atoms with Gasteiger partial charge < -0.3 is 4.74 Å². The molecule has 1 aromatic carbocycles. The van der Waals surface area contributed by atoms with Crippen molar-refractivity contribution in [1.82, 2.24) is 15.0 Å². The second kappa shape index (κ2) is 4.82. The summed E-state index contributed by atoms with van der Waals surface area (Å²) in [6, 6.07) is 9.89. The summed E-state index contributed by atoms with van der Waals surface area (Å²) in [4.78, 5) is 12.5. The minimum Gasteiger partial charge on any atom is -0.491 e. The molecule has 2 aromatic heterocycles. The third-order valence-electron chi connectivity index (χ3n) is 2.83. The summed E-state index contributed by atoms with van der Waals surface area (Å²) in [6.07, 6.45) is 3.17. The molecule has 0 fully saturated rings. The van der Waals surface area contributed by atoms with Crippen molar-refractivity contribution in [2.24, 2.45) is 0 Å². The van der Waals surface area contributed by atoms with Crippen LogP contribution in [-0.2, 0) is 0 Å². The van der Waals surface area contributed by atoms with Crippen molar-refractivity contribution < 1.29 is 4.74 Å². The smallest absolute Gasteiger partial charge is 0.182 e. The Labute approximate surface area is 115 Å². The maximum Gasteiger partial charge on any atom is 0.182 e. The molecule has 0 N–H and O–H groups in total. The van der Waals surface area contributed by atoms with Crippen LogP contribution >= 0.6 is 11.6 Å². The molecular weight excluding hydrogens is 262 g/mol. The highest BCUT2D eigenvalue weighted by atomic mass is 35.5. The number of para-hydroxylation sites is 1. The second-order valence-electron chi connectivity index (χ2n) is 3.96. The van der Waals surface area contributed by atoms with E-state index in [0.29, 0.717) is 16.6 Å². The molecule has 19 heavy (non-hydrogen) atoms. The standard InChI is InChI=1S/C14H10ClN3O/c1-19-13-12(17-8-18-14(13)15)10-6-9-4-2-3-5-11(9)16-7-10/h2-8H,1H3. The first-order chi connectivity index (χ1) is 9.29. The maximum absolute atomic E-state index is 6.00. The summed E-state index contributed by atoms with van der Waals surface area (Å²) in [5.74, 6) is 0.459. The first kappa shape index (κ1) is 11.9. The van der Waals surface area contributed by atoms with E-state index in [1.165, 1.54) is 6.33 Å². The van der Waals surface area contributed by atoms with E-state index in [4.69, 9.17) is 16.3 Å². The summed E-state index contributed by atoms with van der Waals surface area (Å²) >= 11 is 6.00. The summed E-state index contributed by atoms with van der Waals surface area (Å²) in [5, 5.41) is 1.33. The van der Waals surface area contributed by atoms with E-state index in [1.54, 1.807) is 13.3 Å². The molecule has 5 heteroatoms. The van der Waals surface area contributed by atoms with Crippen LogP contribution in [0.4, 0.5) is 0 Å². The molecule has 0 radical (unpaired) electrons. The van der Waals surface area contributed by atoms with Crippen molar-refractivity contribution in [2.75, 3.05) is 7.11 Å². The van der Waals surface area contributed by atoms with Crippen LogP contribution in [0.1, 0.15) is 0 Å². The van der Waals surface area contributed by atoms with Gasteiger partial charge in [-0.05, 0) is 12.1 Å². The van der Waals surface area contributed by atoms with Crippen LogP contribution in [0.25, 0.3) is 22.2 Å². The van der Waals surface area contributed by atoms with Crippen molar-refractivity contribution >= 4 is 22.5 Å². The molecule has 0 saturated carbocycles. The van der Waals surface area contributed by atoms with Gasteiger partial charge in [-0.3, -0.25) is 4.98 Å². The summed E-state index contributed by atoms with van der Waals surface area (Å²) in [6.45, 7) is 0. The van der Waals surface area contributed by atoms with Gasteiger partial charge in [0.2, 0.25) is 0 Å². The van der Waals surface area contributed by atoms with Gasteiger partial charge in [-0.1, -0.05) is 29.8 Å². The molecule has 2 heterocycles. The Morgan fingerprint density at radius 3 is 2.79 bits per heavy atom. The van der Waals surface area contributed by atoms with E-state index in [0.717, 1.165) is 16.5 Å². The van der Waals surface area contributed by atoms with Crippen LogP contribution < -0.4 is 4.74 Å². The van der Waals surface area contributed by atoms with Crippen molar-refractivity contribution in [2.45, 2.75) is 0 Å². The minimum atomic E-state index is 0.292. The molecule has 0 aliphatic heterocycles. The molecule has 4 nitrogen and oxygen atoms in total. The Balaban J connectivity index is 2.22. The van der Waals surface area contributed by atoms with E-state index in [1.807, 2.05) is 30.3 Å². The monoisotopic (exact) mass is 271 g/mol. The van der Waals surface area contributed by atoms with Gasteiger partial charge in [-0.15, -0.1) is 0 Å². The third-order valence-corrected chi connectivity index (χ3v) is 3.10. The molecule has 94 valence electrons. The maximum atomic E-state index is 6.00. The third kappa shape index (κ3) is 2.11. The number of ether oxygens (including phenoxy) is 1. The van der Waals surface area contributed by atoms with Crippen LogP contribution in [0.2, 0.25) is 5.15 Å². The predicted molar refractivity (Wildman–Crippen MR) is 74.3 cm³/mol. The van der Waals surface area contributed by atoms with Crippen LogP contribution in [0.3, 0.4) is 0 Å². The van der Waals surface area contributed by atoms with Crippen molar-refractivity contribution in [3.63, 3.8) is 0 Å². The van der Waals surface area contributed by atoms with Gasteiger partial charge in [0.1, 0.15) is 12.0 Å². The molecule has 0 amide bonds. The van der Waals surface area contributed by atoms with Gasteiger partial charge in [0, 0.05) is 17.1 Å². The first-order valence-corrected chi connectivity index (χ1v) is 6.07. The van der Waals surface area contributed by atoms with E-state index in [2.05, 4.69) is 15.0 Å². The molecule has 3 rings (SSSR count). The molecule has 0 atom stereocenters. The topological polar surface area (TPSA) is 47.9 Å². The van der Waals surface area contributed by atoms with E-state index >= 15 is 0 Å². The lowest BCUT2D eigenvalue weighted by molar-refractivity contribution is 0.413. The predicted octanol–water partition coefficient (Wildman–Crippen LogP) is 3.35. The Morgan fingerprint density at radius 2 is 1.95 bits per heavy atom. The molecular formula is C14H10ClN3O. The van der Waals surface area contributed by atoms with Crippen molar-refractivity contribution in [1.29, 1.82) is 0 Å². The zero-order valence-electron chi connectivity index (χ0n) is 10.2. The fourth-order valence-electron chi connectivity index (χ4n) is 1.94. The van der Waals surface area contributed by atoms with Crippen LogP contribution in [0.15, 0.2) is 42.9 Å². The lowest BCUT2D eigenvalue weighted by atomic mass is 10.1. The lowest BCUT2D eigenvalue weighted by Gasteiger charge is -2.08. The second-order valence-corrected chi connectivity index (χ2v) is 4.32. The molecule has 0 aliphatic carbocycles. The van der Waals surface area contributed by atoms with Gasteiger partial charge in [-0.25, -0.2) is 9.97 Å². The fourth-order valence-corrected chi connectivity index (χ4v) is 2.15. The Bertz CT molecular complexity index is 746. The van der Waals surface area contributed by atoms with E-state index in [9.17, 15) is 0 Å². The molecule has 0 spiro atoms. The molecule has 3 aromatic rings. The number of nitrogens with zero attached hydrogens (tertiary/aromatic N) is 3. The number of benzene rings is 1. The van der Waals surface area contributed by atoms with Crippen molar-refractivity contribution in [3.05, 3.63) is 48.0 Å². The summed E-state index contributed by atoms with van der Waals surface area (Å²) in [5.41, 5.74) is 2.42. The Hall–Kier alpha value is -2.20. The van der Waals surface area contributed by atoms with Crippen molar-refractivity contribution in [3.8, 4) is 17.0 Å². The van der Waals surface area contributed by atoms with Gasteiger partial charge in [0.05, 0.1) is 12.6 Å². The zero-order chi connectivity index (χ0) is 13.2. The molecule has 0 unspecified atom stereocenters. The number of halogens is 1. The van der Waals surface area contributed by atoms with E-state index < -0.39 is 0 Å². The molecule has 0 bridgehead atoms. The highest BCUT2D eigenvalue weighted by Gasteiger charge is 2.13. The van der Waals surface area contributed by atoms with Gasteiger partial charge in [0.15, 0.2) is 10.9 Å². The van der Waals surface area contributed by atoms with Gasteiger partial charge in [-0.2, -0.15) is 0 Å². The van der Waals surface area contributed by atoms with Crippen LogP contribution in [0.5, 0.6) is 5.75 Å². The number of hydrogen-bond donors (Lipinski definition) is 0. The largest absolute Gasteiger partial charge is 0.491 e.